The van der Waals surface area contributed by atoms with Crippen LogP contribution in [0, 0.1) is 6.92 Å². The number of ether oxygens (including phenoxy) is 2. The monoisotopic (exact) mass is 392 g/mol. The first-order valence-electron chi connectivity index (χ1n) is 9.26. The Balaban J connectivity index is 1.69. The third-order valence-electron chi connectivity index (χ3n) is 4.29. The fraction of sp³-hybridized carbons (Fsp3) is 0.227. The summed E-state index contributed by atoms with van der Waals surface area (Å²) >= 11 is 0. The highest BCUT2D eigenvalue weighted by Gasteiger charge is 2.12. The highest BCUT2D eigenvalue weighted by Crippen LogP contribution is 2.21. The van der Waals surface area contributed by atoms with Gasteiger partial charge in [-0.25, -0.2) is 9.78 Å². The summed E-state index contributed by atoms with van der Waals surface area (Å²) in [6.45, 7) is 2.61. The molecule has 1 aromatic heterocycles. The van der Waals surface area contributed by atoms with Crippen LogP contribution in [0.25, 0.3) is 0 Å². The van der Waals surface area contributed by atoms with E-state index in [1.54, 1.807) is 25.3 Å². The number of para-hydroxylation sites is 1. The lowest BCUT2D eigenvalue weighted by molar-refractivity contribution is 0.0602. The Morgan fingerprint density at radius 1 is 1.03 bits per heavy atom. The molecule has 0 radical (unpaired) electrons. The quantitative estimate of drug-likeness (QED) is 0.561. The van der Waals surface area contributed by atoms with Gasteiger partial charge in [0.1, 0.15) is 11.6 Å². The maximum atomic E-state index is 12.0. The minimum atomic E-state index is -0.419. The third-order valence-corrected chi connectivity index (χ3v) is 4.29. The molecule has 0 unspecified atom stereocenters. The second-order valence-corrected chi connectivity index (χ2v) is 6.41. The standard InChI is InChI=1S/C22H24N4O3/c1-15-13-20(23-12-11-16-7-6-8-17(14-16)28-2)26-22(24-15)25-19-10-5-4-9-18(19)21(27)29-3/h4-10,13-14H,11-12H2,1-3H3,(H2,23,24,25,26). The van der Waals surface area contributed by atoms with E-state index in [0.29, 0.717) is 29.6 Å². The Morgan fingerprint density at radius 2 is 1.86 bits per heavy atom. The minimum Gasteiger partial charge on any atom is -0.497 e. The van der Waals surface area contributed by atoms with E-state index < -0.39 is 5.97 Å². The number of aromatic nitrogens is 2. The van der Waals surface area contributed by atoms with Gasteiger partial charge >= 0.3 is 5.97 Å². The molecular formula is C22H24N4O3. The molecule has 29 heavy (non-hydrogen) atoms. The predicted octanol–water partition coefficient (Wildman–Crippen LogP) is 3.98. The number of methoxy groups -OCH3 is 2. The van der Waals surface area contributed by atoms with Gasteiger partial charge in [-0.05, 0) is 43.2 Å². The molecule has 0 saturated heterocycles. The van der Waals surface area contributed by atoms with Crippen molar-refractivity contribution in [3.63, 3.8) is 0 Å². The molecule has 3 rings (SSSR count). The number of nitrogens with one attached hydrogen (secondary N) is 2. The molecule has 3 aromatic rings. The molecule has 0 saturated carbocycles. The lowest BCUT2D eigenvalue weighted by Crippen LogP contribution is -2.10. The van der Waals surface area contributed by atoms with Crippen LogP contribution in [0.5, 0.6) is 5.75 Å². The molecule has 0 fully saturated rings. The zero-order chi connectivity index (χ0) is 20.6. The summed E-state index contributed by atoms with van der Waals surface area (Å²) in [7, 11) is 3.01. The highest BCUT2D eigenvalue weighted by molar-refractivity contribution is 5.96. The van der Waals surface area contributed by atoms with Crippen LogP contribution in [0.2, 0.25) is 0 Å². The van der Waals surface area contributed by atoms with Crippen molar-refractivity contribution in [2.45, 2.75) is 13.3 Å². The largest absolute Gasteiger partial charge is 0.497 e. The van der Waals surface area contributed by atoms with Gasteiger partial charge in [-0.2, -0.15) is 4.98 Å². The summed E-state index contributed by atoms with van der Waals surface area (Å²) in [4.78, 5) is 20.9. The zero-order valence-electron chi connectivity index (χ0n) is 16.7. The molecule has 0 aliphatic heterocycles. The van der Waals surface area contributed by atoms with E-state index in [1.165, 1.54) is 12.7 Å². The second kappa shape index (κ2) is 9.54. The second-order valence-electron chi connectivity index (χ2n) is 6.41. The molecule has 0 amide bonds. The van der Waals surface area contributed by atoms with E-state index in [1.807, 2.05) is 37.3 Å². The Kier molecular flexibility index (Phi) is 6.63. The van der Waals surface area contributed by atoms with Gasteiger partial charge in [-0.1, -0.05) is 24.3 Å². The molecule has 7 nitrogen and oxygen atoms in total. The average Bonchev–Trinajstić information content (AvgIpc) is 2.73. The number of nitrogens with zero attached hydrogens (tertiary/aromatic N) is 2. The van der Waals surface area contributed by atoms with Gasteiger partial charge in [0, 0.05) is 18.3 Å². The van der Waals surface area contributed by atoms with Gasteiger partial charge in [0.25, 0.3) is 0 Å². The van der Waals surface area contributed by atoms with Crippen molar-refractivity contribution in [2.75, 3.05) is 31.4 Å². The average molecular weight is 392 g/mol. The van der Waals surface area contributed by atoms with Gasteiger partial charge < -0.3 is 20.1 Å². The van der Waals surface area contributed by atoms with E-state index >= 15 is 0 Å². The fourth-order valence-electron chi connectivity index (χ4n) is 2.88. The topological polar surface area (TPSA) is 85.4 Å². The molecule has 0 atom stereocenters. The number of carbonyl (C=O) groups excluding carboxylic acids is 1. The molecule has 0 aliphatic rings. The normalized spacial score (nSPS) is 10.3. The van der Waals surface area contributed by atoms with Crippen molar-refractivity contribution < 1.29 is 14.3 Å². The molecule has 0 spiro atoms. The van der Waals surface area contributed by atoms with Crippen LogP contribution in [0.3, 0.4) is 0 Å². The first-order valence-corrected chi connectivity index (χ1v) is 9.26. The summed E-state index contributed by atoms with van der Waals surface area (Å²) < 4.78 is 10.1. The number of benzene rings is 2. The number of anilines is 3. The maximum absolute atomic E-state index is 12.0. The van der Waals surface area contributed by atoms with Crippen molar-refractivity contribution in [1.82, 2.24) is 9.97 Å². The summed E-state index contributed by atoms with van der Waals surface area (Å²) in [5.74, 6) is 1.54. The number of aryl methyl sites for hydroxylation is 1. The number of hydrogen-bond donors (Lipinski definition) is 2. The van der Waals surface area contributed by atoms with Crippen LogP contribution in [0.1, 0.15) is 21.6 Å². The lowest BCUT2D eigenvalue weighted by Gasteiger charge is -2.12. The molecule has 1 heterocycles. The Labute approximate surface area is 170 Å². The summed E-state index contributed by atoms with van der Waals surface area (Å²) in [5, 5.41) is 6.44. The number of carbonyl (C=O) groups is 1. The third kappa shape index (κ3) is 5.44. The van der Waals surface area contributed by atoms with E-state index in [4.69, 9.17) is 9.47 Å². The van der Waals surface area contributed by atoms with E-state index in [-0.39, 0.29) is 0 Å². The molecule has 2 N–H and O–H groups in total. The highest BCUT2D eigenvalue weighted by atomic mass is 16.5. The molecule has 0 bridgehead atoms. The molecular weight excluding hydrogens is 368 g/mol. The van der Waals surface area contributed by atoms with Crippen LogP contribution in [0.4, 0.5) is 17.5 Å². The first kappa shape index (κ1) is 20.1. The van der Waals surface area contributed by atoms with Gasteiger partial charge in [-0.3, -0.25) is 0 Å². The number of hydrogen-bond acceptors (Lipinski definition) is 7. The van der Waals surface area contributed by atoms with Gasteiger partial charge in [0.2, 0.25) is 5.95 Å². The van der Waals surface area contributed by atoms with Crippen LogP contribution < -0.4 is 15.4 Å². The summed E-state index contributed by atoms with van der Waals surface area (Å²) in [6, 6.07) is 16.9. The smallest absolute Gasteiger partial charge is 0.339 e. The van der Waals surface area contributed by atoms with Crippen molar-refractivity contribution >= 4 is 23.4 Å². The van der Waals surface area contributed by atoms with Gasteiger partial charge in [0.15, 0.2) is 0 Å². The first-order chi connectivity index (χ1) is 14.1. The summed E-state index contributed by atoms with van der Waals surface area (Å²) in [5.41, 5.74) is 3.00. The molecule has 7 heteroatoms. The molecule has 2 aromatic carbocycles. The van der Waals surface area contributed by atoms with E-state index in [0.717, 1.165) is 17.9 Å². The SMILES string of the molecule is COC(=O)c1ccccc1Nc1nc(C)cc(NCCc2cccc(OC)c2)n1. The number of rotatable bonds is 8. The molecule has 150 valence electrons. The van der Waals surface area contributed by atoms with Crippen molar-refractivity contribution in [3.05, 3.63) is 71.4 Å². The van der Waals surface area contributed by atoms with Crippen LogP contribution >= 0.6 is 0 Å². The minimum absolute atomic E-state index is 0.408. The Hall–Kier alpha value is -3.61. The van der Waals surface area contributed by atoms with E-state index in [9.17, 15) is 4.79 Å². The summed E-state index contributed by atoms with van der Waals surface area (Å²) in [6.07, 6.45) is 0.828. The lowest BCUT2D eigenvalue weighted by atomic mass is 10.1. The molecule has 0 aliphatic carbocycles. The van der Waals surface area contributed by atoms with Crippen molar-refractivity contribution in [3.8, 4) is 5.75 Å². The maximum Gasteiger partial charge on any atom is 0.339 e. The Morgan fingerprint density at radius 3 is 2.66 bits per heavy atom. The van der Waals surface area contributed by atoms with Gasteiger partial charge in [0.05, 0.1) is 25.5 Å². The fourth-order valence-corrected chi connectivity index (χ4v) is 2.88. The van der Waals surface area contributed by atoms with Gasteiger partial charge in [-0.15, -0.1) is 0 Å². The van der Waals surface area contributed by atoms with E-state index in [2.05, 4.69) is 26.7 Å². The zero-order valence-corrected chi connectivity index (χ0v) is 16.7. The van der Waals surface area contributed by atoms with Crippen LogP contribution in [-0.2, 0) is 11.2 Å². The van der Waals surface area contributed by atoms with Crippen LogP contribution in [-0.4, -0.2) is 36.7 Å². The predicted molar refractivity (Wildman–Crippen MR) is 113 cm³/mol. The van der Waals surface area contributed by atoms with Crippen LogP contribution in [0.15, 0.2) is 54.6 Å². The van der Waals surface area contributed by atoms with Crippen molar-refractivity contribution in [2.24, 2.45) is 0 Å². The Bertz CT molecular complexity index is 991. The van der Waals surface area contributed by atoms with Crippen molar-refractivity contribution in [1.29, 1.82) is 0 Å². The number of esters is 1.